The molecule has 74 heavy (non-hydrogen) atoms. The molecule has 438 valence electrons. The van der Waals surface area contributed by atoms with Crippen molar-refractivity contribution in [3.05, 3.63) is 12.2 Å². The van der Waals surface area contributed by atoms with Crippen LogP contribution in [-0.2, 0) is 23.7 Å². The summed E-state index contributed by atoms with van der Waals surface area (Å²) in [5.41, 5.74) is 0. The summed E-state index contributed by atoms with van der Waals surface area (Å²) in [5, 5.41) is 87.2. The number of aliphatic hydroxyl groups is 8. The fraction of sp³-hybridized carbons (Fsp3) is 0.950. The third-order valence-electron chi connectivity index (χ3n) is 15.5. The maximum absolute atomic E-state index is 13.3. The van der Waals surface area contributed by atoms with E-state index in [-0.39, 0.29) is 18.9 Å². The van der Waals surface area contributed by atoms with Crippen LogP contribution >= 0.6 is 0 Å². The van der Waals surface area contributed by atoms with Crippen molar-refractivity contribution in [2.45, 2.75) is 344 Å². The molecule has 12 unspecified atom stereocenters. The summed E-state index contributed by atoms with van der Waals surface area (Å²) in [5.74, 6) is -0.233. The van der Waals surface area contributed by atoms with Gasteiger partial charge in [-0.2, -0.15) is 0 Å². The molecule has 12 atom stereocenters. The van der Waals surface area contributed by atoms with Crippen LogP contribution in [0.25, 0.3) is 0 Å². The second-order valence-corrected chi connectivity index (χ2v) is 22.2. The lowest BCUT2D eigenvalue weighted by Gasteiger charge is -2.46. The molecule has 1 amide bonds. The number of rotatable bonds is 50. The molecule has 0 aliphatic carbocycles. The Labute approximate surface area is 450 Å². The number of carbonyl (C=O) groups excluding carboxylic acids is 1. The van der Waals surface area contributed by atoms with Crippen LogP contribution in [0.2, 0.25) is 0 Å². The third-order valence-corrected chi connectivity index (χ3v) is 15.5. The van der Waals surface area contributed by atoms with E-state index in [1.54, 1.807) is 6.08 Å². The maximum atomic E-state index is 13.3. The molecule has 9 N–H and O–H groups in total. The lowest BCUT2D eigenvalue weighted by molar-refractivity contribution is -0.359. The highest BCUT2D eigenvalue weighted by Gasteiger charge is 2.51. The Bertz CT molecular complexity index is 1290. The first-order valence-electron chi connectivity index (χ1n) is 30.9. The minimum atomic E-state index is -1.79. The van der Waals surface area contributed by atoms with Gasteiger partial charge in [-0.05, 0) is 19.3 Å². The lowest BCUT2D eigenvalue weighted by Crippen LogP contribution is -2.65. The summed E-state index contributed by atoms with van der Waals surface area (Å²) in [7, 11) is 0. The van der Waals surface area contributed by atoms with Crippen LogP contribution in [0.5, 0.6) is 0 Å². The van der Waals surface area contributed by atoms with E-state index >= 15 is 0 Å². The Morgan fingerprint density at radius 2 is 0.838 bits per heavy atom. The van der Waals surface area contributed by atoms with Crippen molar-refractivity contribution in [3.8, 4) is 0 Å². The third kappa shape index (κ3) is 32.0. The number of nitrogens with one attached hydrogen (secondary N) is 1. The molecule has 0 aromatic rings. The zero-order chi connectivity index (χ0) is 53.9. The van der Waals surface area contributed by atoms with Gasteiger partial charge in [0.2, 0.25) is 5.91 Å². The summed E-state index contributed by atoms with van der Waals surface area (Å²) in [6.07, 6.45) is 36.7. The standard InChI is InChI=1S/C60H115NO13/c1-3-5-7-9-11-13-15-17-19-21-23-24-25-26-27-29-31-33-35-37-39-41-43-49(64)48(61-52(65)44-42-40-38-36-34-32-30-28-22-20-18-16-14-12-10-8-6-4-2)47-71-59-57(70)55(68)58(51(46-63)73-59)74-60-56(69)54(67)53(66)50(45-62)72-60/h41,43,48-51,53-60,62-64,66-70H,3-40,42,44-47H2,1-2H3,(H,61,65)/b43-41+. The largest absolute Gasteiger partial charge is 0.394 e. The monoisotopic (exact) mass is 1060 g/mol. The van der Waals surface area contributed by atoms with E-state index in [4.69, 9.17) is 18.9 Å². The summed E-state index contributed by atoms with van der Waals surface area (Å²) < 4.78 is 22.8. The summed E-state index contributed by atoms with van der Waals surface area (Å²) >= 11 is 0. The molecule has 0 aromatic carbocycles. The molecule has 0 spiro atoms. The van der Waals surface area contributed by atoms with E-state index in [0.29, 0.717) is 6.42 Å². The second kappa shape index (κ2) is 46.6. The minimum Gasteiger partial charge on any atom is -0.394 e. The number of aliphatic hydroxyl groups excluding tert-OH is 8. The molecule has 14 heteroatoms. The average Bonchev–Trinajstić information content (AvgIpc) is 3.40. The van der Waals surface area contributed by atoms with Crippen molar-refractivity contribution in [2.24, 2.45) is 0 Å². The van der Waals surface area contributed by atoms with Crippen molar-refractivity contribution in [1.82, 2.24) is 5.32 Å². The molecule has 0 radical (unpaired) electrons. The first kappa shape index (κ1) is 68.8. The normalized spacial score (nSPS) is 25.2. The molecule has 0 saturated carbocycles. The SMILES string of the molecule is CCCCCCCCCCCCCCCCCCCCCC/C=C/C(O)C(COC1OC(CO)C(OC2OC(CO)C(O)C(O)C2O)C(O)C1O)NC(=O)CCCCCCCCCCCCCCCCCCCC. The second-order valence-electron chi connectivity index (χ2n) is 22.2. The lowest BCUT2D eigenvalue weighted by atomic mass is 9.97. The van der Waals surface area contributed by atoms with Crippen molar-refractivity contribution in [2.75, 3.05) is 19.8 Å². The molecule has 0 aromatic heterocycles. The smallest absolute Gasteiger partial charge is 0.220 e. The maximum Gasteiger partial charge on any atom is 0.220 e. The van der Waals surface area contributed by atoms with Gasteiger partial charge in [-0.1, -0.05) is 257 Å². The van der Waals surface area contributed by atoms with Gasteiger partial charge >= 0.3 is 0 Å². The number of hydrogen-bond donors (Lipinski definition) is 9. The fourth-order valence-corrected chi connectivity index (χ4v) is 10.5. The topological polar surface area (TPSA) is 228 Å². The van der Waals surface area contributed by atoms with Crippen LogP contribution in [0.1, 0.15) is 271 Å². The van der Waals surface area contributed by atoms with Crippen LogP contribution < -0.4 is 5.32 Å². The number of carbonyl (C=O) groups is 1. The van der Waals surface area contributed by atoms with E-state index in [9.17, 15) is 45.6 Å². The Kier molecular flexibility index (Phi) is 43.4. The predicted molar refractivity (Wildman–Crippen MR) is 295 cm³/mol. The van der Waals surface area contributed by atoms with Gasteiger partial charge in [0.15, 0.2) is 12.6 Å². The van der Waals surface area contributed by atoms with Gasteiger partial charge in [0.25, 0.3) is 0 Å². The summed E-state index contributed by atoms with van der Waals surface area (Å²) in [6, 6.07) is -0.909. The first-order chi connectivity index (χ1) is 36.1. The Morgan fingerprint density at radius 3 is 1.24 bits per heavy atom. The Morgan fingerprint density at radius 1 is 0.473 bits per heavy atom. The minimum absolute atomic E-state index is 0.233. The van der Waals surface area contributed by atoms with E-state index in [1.807, 2.05) is 6.08 Å². The van der Waals surface area contributed by atoms with Gasteiger partial charge in [-0.25, -0.2) is 0 Å². The highest BCUT2D eigenvalue weighted by Crippen LogP contribution is 2.30. The highest BCUT2D eigenvalue weighted by molar-refractivity contribution is 5.76. The van der Waals surface area contributed by atoms with Crippen LogP contribution in [0, 0.1) is 0 Å². The van der Waals surface area contributed by atoms with Gasteiger partial charge in [0, 0.05) is 6.42 Å². The van der Waals surface area contributed by atoms with Crippen molar-refractivity contribution in [1.29, 1.82) is 0 Å². The molecule has 14 nitrogen and oxygen atoms in total. The van der Waals surface area contributed by atoms with Crippen LogP contribution in [0.4, 0.5) is 0 Å². The van der Waals surface area contributed by atoms with Crippen LogP contribution in [0.3, 0.4) is 0 Å². The molecular formula is C60H115NO13. The molecule has 2 aliphatic rings. The van der Waals surface area contributed by atoms with E-state index in [2.05, 4.69) is 19.2 Å². The number of allylic oxidation sites excluding steroid dienone is 1. The van der Waals surface area contributed by atoms with Crippen molar-refractivity contribution < 1.29 is 64.6 Å². The average molecular weight is 1060 g/mol. The summed E-state index contributed by atoms with van der Waals surface area (Å²) in [4.78, 5) is 13.3. The molecular weight excluding hydrogens is 943 g/mol. The van der Waals surface area contributed by atoms with Gasteiger partial charge < -0.3 is 65.1 Å². The highest BCUT2D eigenvalue weighted by atomic mass is 16.7. The van der Waals surface area contributed by atoms with E-state index < -0.39 is 86.8 Å². The van der Waals surface area contributed by atoms with E-state index in [0.717, 1.165) is 38.5 Å². The zero-order valence-electron chi connectivity index (χ0n) is 47.1. The fourth-order valence-electron chi connectivity index (χ4n) is 10.5. The van der Waals surface area contributed by atoms with Crippen molar-refractivity contribution >= 4 is 5.91 Å². The molecule has 2 fully saturated rings. The summed E-state index contributed by atoms with van der Waals surface area (Å²) in [6.45, 7) is 2.84. The predicted octanol–water partition coefficient (Wildman–Crippen LogP) is 10.7. The van der Waals surface area contributed by atoms with Gasteiger partial charge in [-0.15, -0.1) is 0 Å². The number of ether oxygens (including phenoxy) is 4. The van der Waals surface area contributed by atoms with Gasteiger partial charge in [0.1, 0.15) is 48.8 Å². The van der Waals surface area contributed by atoms with E-state index in [1.165, 1.54) is 205 Å². The Balaban J connectivity index is 1.75. The number of unbranched alkanes of at least 4 members (excludes halogenated alkanes) is 37. The van der Waals surface area contributed by atoms with Gasteiger partial charge in [-0.3, -0.25) is 4.79 Å². The zero-order valence-corrected chi connectivity index (χ0v) is 47.1. The molecule has 0 bridgehead atoms. The number of amides is 1. The van der Waals surface area contributed by atoms with Crippen LogP contribution in [-0.4, -0.2) is 140 Å². The van der Waals surface area contributed by atoms with Crippen molar-refractivity contribution in [3.63, 3.8) is 0 Å². The molecule has 2 rings (SSSR count). The van der Waals surface area contributed by atoms with Crippen LogP contribution in [0.15, 0.2) is 12.2 Å². The quantitative estimate of drug-likeness (QED) is 0.0204. The molecule has 2 saturated heterocycles. The first-order valence-corrected chi connectivity index (χ1v) is 30.9. The number of hydrogen-bond acceptors (Lipinski definition) is 13. The molecule has 2 aliphatic heterocycles. The Hall–Kier alpha value is -1.27. The van der Waals surface area contributed by atoms with Gasteiger partial charge in [0.05, 0.1) is 32.0 Å². The molecule has 2 heterocycles.